The van der Waals surface area contributed by atoms with Gasteiger partial charge in [0, 0.05) is 13.1 Å². The maximum atomic E-state index is 13.9. The van der Waals surface area contributed by atoms with Crippen LogP contribution in [0.5, 0.6) is 0 Å². The van der Waals surface area contributed by atoms with Crippen LogP contribution in [0.2, 0.25) is 10.0 Å². The summed E-state index contributed by atoms with van der Waals surface area (Å²) in [5.41, 5.74) is 2.86. The van der Waals surface area contributed by atoms with Crippen LogP contribution in [0.25, 0.3) is 0 Å². The lowest BCUT2D eigenvalue weighted by molar-refractivity contribution is -0.139. The highest BCUT2D eigenvalue weighted by atomic mass is 35.5. The van der Waals surface area contributed by atoms with E-state index in [1.807, 2.05) is 38.1 Å². The Hall–Kier alpha value is -3.07. The molecule has 3 aromatic rings. The van der Waals surface area contributed by atoms with Gasteiger partial charge in [-0.1, -0.05) is 65.2 Å². The first-order valence-electron chi connectivity index (χ1n) is 12.1. The Balaban J connectivity index is 2.07. The molecule has 0 aliphatic heterocycles. The first-order valence-corrected chi connectivity index (χ1v) is 14.3. The average Bonchev–Trinajstić information content (AvgIpc) is 2.88. The average molecular weight is 577 g/mol. The SMILES string of the molecule is CCNC(=O)[C@@H](C)N(Cc1ccccc1C)C(=O)CN(c1ccc(Cl)c(Cl)c1)S(=O)(=O)c1ccc(C)cc1. The number of hydrogen-bond donors (Lipinski definition) is 1. The van der Waals surface area contributed by atoms with Gasteiger partial charge < -0.3 is 10.2 Å². The van der Waals surface area contributed by atoms with E-state index in [-0.39, 0.29) is 33.1 Å². The fourth-order valence-electron chi connectivity index (χ4n) is 3.88. The first kappa shape index (κ1) is 29.5. The number of nitrogens with zero attached hydrogens (tertiary/aromatic N) is 2. The number of carbonyl (C=O) groups excluding carboxylic acids is 2. The van der Waals surface area contributed by atoms with E-state index >= 15 is 0 Å². The maximum Gasteiger partial charge on any atom is 0.264 e. The molecule has 0 fully saturated rings. The zero-order valence-electron chi connectivity index (χ0n) is 21.7. The molecule has 0 unspecified atom stereocenters. The lowest BCUT2D eigenvalue weighted by atomic mass is 10.1. The number of hydrogen-bond acceptors (Lipinski definition) is 4. The van der Waals surface area contributed by atoms with Gasteiger partial charge in [-0.2, -0.15) is 0 Å². The maximum absolute atomic E-state index is 13.9. The van der Waals surface area contributed by atoms with Gasteiger partial charge in [-0.15, -0.1) is 0 Å². The number of nitrogens with one attached hydrogen (secondary N) is 1. The van der Waals surface area contributed by atoms with Crippen molar-refractivity contribution in [2.75, 3.05) is 17.4 Å². The fraction of sp³-hybridized carbons (Fsp3) is 0.286. The van der Waals surface area contributed by atoms with Crippen LogP contribution in [0.15, 0.2) is 71.6 Å². The predicted octanol–water partition coefficient (Wildman–Crippen LogP) is 5.36. The zero-order chi connectivity index (χ0) is 28.0. The molecule has 1 N–H and O–H groups in total. The van der Waals surface area contributed by atoms with Gasteiger partial charge in [-0.25, -0.2) is 8.42 Å². The molecular formula is C28H31Cl2N3O4S. The second-order valence-electron chi connectivity index (χ2n) is 8.94. The highest BCUT2D eigenvalue weighted by Gasteiger charge is 2.32. The molecule has 38 heavy (non-hydrogen) atoms. The van der Waals surface area contributed by atoms with Crippen molar-refractivity contribution in [3.63, 3.8) is 0 Å². The molecule has 0 saturated carbocycles. The Morgan fingerprint density at radius 2 is 1.61 bits per heavy atom. The standard InChI is InChI=1S/C28H31Cl2N3O4S/c1-5-31-28(35)21(4)32(17-22-9-7-6-8-20(22)3)27(34)18-33(23-12-15-25(29)26(30)16-23)38(36,37)24-13-10-19(2)11-14-24/h6-16,21H,5,17-18H2,1-4H3,(H,31,35)/t21-/m1/s1. The number of amides is 2. The molecule has 0 aromatic heterocycles. The van der Waals surface area contributed by atoms with Gasteiger partial charge >= 0.3 is 0 Å². The van der Waals surface area contributed by atoms with Crippen molar-refractivity contribution in [1.29, 1.82) is 0 Å². The van der Waals surface area contributed by atoms with E-state index in [1.165, 1.54) is 35.2 Å². The molecule has 0 heterocycles. The first-order chi connectivity index (χ1) is 17.9. The molecule has 3 rings (SSSR count). The van der Waals surface area contributed by atoms with Gasteiger partial charge in [0.15, 0.2) is 0 Å². The molecule has 0 saturated heterocycles. The molecule has 0 aliphatic carbocycles. The number of likely N-dealkylation sites (N-methyl/N-ethyl adjacent to an activating group) is 1. The van der Waals surface area contributed by atoms with E-state index in [9.17, 15) is 18.0 Å². The Bertz CT molecular complexity index is 1410. The van der Waals surface area contributed by atoms with Gasteiger partial charge in [0.1, 0.15) is 12.6 Å². The number of rotatable bonds is 10. The van der Waals surface area contributed by atoms with E-state index in [0.717, 1.165) is 21.0 Å². The topological polar surface area (TPSA) is 86.8 Å². The van der Waals surface area contributed by atoms with E-state index in [4.69, 9.17) is 23.2 Å². The monoisotopic (exact) mass is 575 g/mol. The third-order valence-corrected chi connectivity index (χ3v) is 8.73. The second-order valence-corrected chi connectivity index (χ2v) is 11.6. The fourth-order valence-corrected chi connectivity index (χ4v) is 5.58. The molecule has 0 aliphatic rings. The van der Waals surface area contributed by atoms with Crippen molar-refractivity contribution in [2.45, 2.75) is 45.2 Å². The number of halogens is 2. The summed E-state index contributed by atoms with van der Waals surface area (Å²) in [5, 5.41) is 3.14. The van der Waals surface area contributed by atoms with Crippen LogP contribution < -0.4 is 9.62 Å². The summed E-state index contributed by atoms with van der Waals surface area (Å²) in [4.78, 5) is 28.0. The lowest BCUT2D eigenvalue weighted by Gasteiger charge is -2.32. The third kappa shape index (κ3) is 6.87. The highest BCUT2D eigenvalue weighted by Crippen LogP contribution is 2.31. The second kappa shape index (κ2) is 12.7. The Kier molecular flexibility index (Phi) is 9.82. The van der Waals surface area contributed by atoms with Gasteiger partial charge in [-0.3, -0.25) is 13.9 Å². The number of anilines is 1. The van der Waals surface area contributed by atoms with Crippen LogP contribution in [0, 0.1) is 13.8 Å². The Morgan fingerprint density at radius 3 is 2.21 bits per heavy atom. The largest absolute Gasteiger partial charge is 0.355 e. The summed E-state index contributed by atoms with van der Waals surface area (Å²) in [6.45, 7) is 7.15. The van der Waals surface area contributed by atoms with Crippen molar-refractivity contribution < 1.29 is 18.0 Å². The van der Waals surface area contributed by atoms with E-state index in [0.29, 0.717) is 6.54 Å². The summed E-state index contributed by atoms with van der Waals surface area (Å²) < 4.78 is 28.6. The zero-order valence-corrected chi connectivity index (χ0v) is 24.1. The normalized spacial score (nSPS) is 12.1. The molecule has 0 radical (unpaired) electrons. The molecule has 10 heteroatoms. The van der Waals surface area contributed by atoms with Crippen molar-refractivity contribution in [2.24, 2.45) is 0 Å². The van der Waals surface area contributed by atoms with E-state index < -0.39 is 28.5 Å². The Morgan fingerprint density at radius 1 is 0.947 bits per heavy atom. The van der Waals surface area contributed by atoms with Gasteiger partial charge in [-0.05, 0) is 69.2 Å². The van der Waals surface area contributed by atoms with Crippen molar-refractivity contribution in [3.05, 3.63) is 93.5 Å². The minimum atomic E-state index is -4.18. The molecule has 0 bridgehead atoms. The summed E-state index contributed by atoms with van der Waals surface area (Å²) in [5.74, 6) is -0.884. The molecule has 0 spiro atoms. The molecule has 202 valence electrons. The summed E-state index contributed by atoms with van der Waals surface area (Å²) >= 11 is 12.3. The number of benzene rings is 3. The number of carbonyl (C=O) groups is 2. The molecule has 1 atom stereocenters. The van der Waals surface area contributed by atoms with Crippen molar-refractivity contribution in [1.82, 2.24) is 10.2 Å². The summed E-state index contributed by atoms with van der Waals surface area (Å²) in [6, 6.07) is 17.4. The van der Waals surface area contributed by atoms with Gasteiger partial charge in [0.25, 0.3) is 10.0 Å². The van der Waals surface area contributed by atoms with Gasteiger partial charge in [0.2, 0.25) is 11.8 Å². The summed E-state index contributed by atoms with van der Waals surface area (Å²) in [6.07, 6.45) is 0. The molecular weight excluding hydrogens is 545 g/mol. The van der Waals surface area contributed by atoms with Crippen LogP contribution in [0.1, 0.15) is 30.5 Å². The van der Waals surface area contributed by atoms with E-state index in [1.54, 1.807) is 26.0 Å². The van der Waals surface area contributed by atoms with Crippen LogP contribution in [-0.2, 0) is 26.2 Å². The Labute approximate surface area is 234 Å². The molecule has 3 aromatic carbocycles. The lowest BCUT2D eigenvalue weighted by Crippen LogP contribution is -2.51. The van der Waals surface area contributed by atoms with Crippen LogP contribution >= 0.6 is 23.2 Å². The summed E-state index contributed by atoms with van der Waals surface area (Å²) in [7, 11) is -4.18. The molecule has 2 amide bonds. The van der Waals surface area contributed by atoms with Gasteiger partial charge in [0.05, 0.1) is 20.6 Å². The third-order valence-electron chi connectivity index (χ3n) is 6.20. The van der Waals surface area contributed by atoms with Crippen molar-refractivity contribution in [3.8, 4) is 0 Å². The number of sulfonamides is 1. The smallest absolute Gasteiger partial charge is 0.264 e. The van der Waals surface area contributed by atoms with Crippen LogP contribution in [0.4, 0.5) is 5.69 Å². The van der Waals surface area contributed by atoms with Crippen molar-refractivity contribution >= 4 is 50.7 Å². The van der Waals surface area contributed by atoms with Crippen LogP contribution in [0.3, 0.4) is 0 Å². The minimum absolute atomic E-state index is 0.0178. The highest BCUT2D eigenvalue weighted by molar-refractivity contribution is 7.92. The predicted molar refractivity (Wildman–Crippen MR) is 152 cm³/mol. The number of aryl methyl sites for hydroxylation is 2. The molecule has 7 nitrogen and oxygen atoms in total. The van der Waals surface area contributed by atoms with Crippen LogP contribution in [-0.4, -0.2) is 44.3 Å². The minimum Gasteiger partial charge on any atom is -0.355 e. The quantitative estimate of drug-likeness (QED) is 0.352. The van der Waals surface area contributed by atoms with E-state index in [2.05, 4.69) is 5.32 Å².